The summed E-state index contributed by atoms with van der Waals surface area (Å²) < 4.78 is 0. The number of halogens is 1. The van der Waals surface area contributed by atoms with E-state index in [-0.39, 0.29) is 0 Å². The van der Waals surface area contributed by atoms with Crippen molar-refractivity contribution >= 4 is 11.6 Å². The molecule has 0 radical (unpaired) electrons. The zero-order chi connectivity index (χ0) is 10.6. The molecular weight excluding hydrogens is 194 g/mol. The normalized spacial score (nSPS) is 13.1. The molecule has 0 rings (SSSR count). The third kappa shape index (κ3) is 8.83. The molecule has 1 atom stereocenters. The average Bonchev–Trinajstić information content (AvgIpc) is 2.21. The van der Waals surface area contributed by atoms with Crippen molar-refractivity contribution in [1.82, 2.24) is 5.32 Å². The van der Waals surface area contributed by atoms with Gasteiger partial charge in [-0.25, -0.2) is 0 Å². The molecule has 0 aliphatic rings. The Balaban J connectivity index is 3.15. The minimum Gasteiger partial charge on any atom is -0.316 e. The van der Waals surface area contributed by atoms with Gasteiger partial charge < -0.3 is 5.32 Å². The maximum Gasteiger partial charge on any atom is 0.0226 e. The standard InChI is InChI=1S/C12H26ClN/c1-3-5-6-7-10-14-11-12(4-2)8-9-13/h12,14H,3-11H2,1-2H3. The van der Waals surface area contributed by atoms with Gasteiger partial charge in [-0.05, 0) is 31.8 Å². The summed E-state index contributed by atoms with van der Waals surface area (Å²) in [5.74, 6) is 1.58. The molecule has 0 aromatic heterocycles. The highest BCUT2D eigenvalue weighted by Gasteiger charge is 2.03. The van der Waals surface area contributed by atoms with Crippen LogP contribution in [0.4, 0.5) is 0 Å². The Kier molecular flexibility index (Phi) is 11.5. The molecule has 0 saturated heterocycles. The predicted octanol–water partition coefficient (Wildman–Crippen LogP) is 3.81. The first-order valence-electron chi connectivity index (χ1n) is 6.11. The van der Waals surface area contributed by atoms with Crippen LogP contribution < -0.4 is 5.32 Å². The first-order valence-corrected chi connectivity index (χ1v) is 6.65. The van der Waals surface area contributed by atoms with E-state index in [4.69, 9.17) is 11.6 Å². The molecular formula is C12H26ClN. The van der Waals surface area contributed by atoms with E-state index in [1.165, 1.54) is 38.6 Å². The van der Waals surface area contributed by atoms with Crippen molar-refractivity contribution < 1.29 is 0 Å². The predicted molar refractivity (Wildman–Crippen MR) is 66.1 cm³/mol. The third-order valence-corrected chi connectivity index (χ3v) is 2.95. The van der Waals surface area contributed by atoms with E-state index >= 15 is 0 Å². The van der Waals surface area contributed by atoms with Crippen LogP contribution in [0.3, 0.4) is 0 Å². The molecule has 14 heavy (non-hydrogen) atoms. The zero-order valence-corrected chi connectivity index (χ0v) is 10.6. The molecule has 0 aliphatic heterocycles. The van der Waals surface area contributed by atoms with Crippen LogP contribution >= 0.6 is 11.6 Å². The van der Waals surface area contributed by atoms with Crippen LogP contribution in [-0.2, 0) is 0 Å². The van der Waals surface area contributed by atoms with E-state index in [0.29, 0.717) is 0 Å². The van der Waals surface area contributed by atoms with E-state index in [1.54, 1.807) is 0 Å². The smallest absolute Gasteiger partial charge is 0.0226 e. The van der Waals surface area contributed by atoms with Crippen molar-refractivity contribution in [2.75, 3.05) is 19.0 Å². The zero-order valence-electron chi connectivity index (χ0n) is 9.82. The molecule has 0 spiro atoms. The molecule has 2 heteroatoms. The second kappa shape index (κ2) is 11.3. The van der Waals surface area contributed by atoms with Crippen LogP contribution in [0.25, 0.3) is 0 Å². The molecule has 0 bridgehead atoms. The summed E-state index contributed by atoms with van der Waals surface area (Å²) in [4.78, 5) is 0. The number of unbranched alkanes of at least 4 members (excludes halogenated alkanes) is 3. The Morgan fingerprint density at radius 3 is 2.50 bits per heavy atom. The van der Waals surface area contributed by atoms with Gasteiger partial charge in [0.2, 0.25) is 0 Å². The van der Waals surface area contributed by atoms with Gasteiger partial charge in [0.05, 0.1) is 0 Å². The van der Waals surface area contributed by atoms with Gasteiger partial charge >= 0.3 is 0 Å². The van der Waals surface area contributed by atoms with Crippen LogP contribution in [0.2, 0.25) is 0 Å². The number of rotatable bonds is 10. The Bertz CT molecular complexity index is 106. The molecule has 0 saturated carbocycles. The van der Waals surface area contributed by atoms with Crippen molar-refractivity contribution in [3.63, 3.8) is 0 Å². The lowest BCUT2D eigenvalue weighted by Crippen LogP contribution is -2.23. The summed E-state index contributed by atoms with van der Waals surface area (Å²) in [6.45, 7) is 6.82. The molecule has 1 nitrogen and oxygen atoms in total. The summed E-state index contributed by atoms with van der Waals surface area (Å²) in [6, 6.07) is 0. The monoisotopic (exact) mass is 219 g/mol. The van der Waals surface area contributed by atoms with E-state index in [9.17, 15) is 0 Å². The largest absolute Gasteiger partial charge is 0.316 e. The quantitative estimate of drug-likeness (QED) is 0.435. The van der Waals surface area contributed by atoms with Gasteiger partial charge in [-0.1, -0.05) is 39.5 Å². The molecule has 0 amide bonds. The first-order chi connectivity index (χ1) is 6.85. The highest BCUT2D eigenvalue weighted by atomic mass is 35.5. The van der Waals surface area contributed by atoms with Gasteiger partial charge in [-0.15, -0.1) is 11.6 Å². The van der Waals surface area contributed by atoms with E-state index < -0.39 is 0 Å². The van der Waals surface area contributed by atoms with Crippen molar-refractivity contribution in [2.24, 2.45) is 5.92 Å². The SMILES string of the molecule is CCCCCCNCC(CC)CCCl. The van der Waals surface area contributed by atoms with Crippen molar-refractivity contribution in [3.05, 3.63) is 0 Å². The fraction of sp³-hybridized carbons (Fsp3) is 1.00. The molecule has 1 unspecified atom stereocenters. The Labute approximate surface area is 94.6 Å². The molecule has 0 aromatic rings. The van der Waals surface area contributed by atoms with Crippen LogP contribution in [0.5, 0.6) is 0 Å². The molecule has 1 N–H and O–H groups in total. The lowest BCUT2D eigenvalue weighted by molar-refractivity contribution is 0.446. The van der Waals surface area contributed by atoms with E-state index in [2.05, 4.69) is 19.2 Å². The molecule has 0 fully saturated rings. The number of hydrogen-bond acceptors (Lipinski definition) is 1. The van der Waals surface area contributed by atoms with Gasteiger partial charge in [0.1, 0.15) is 0 Å². The number of alkyl halides is 1. The summed E-state index contributed by atoms with van der Waals surface area (Å²) in [5.41, 5.74) is 0. The number of hydrogen-bond donors (Lipinski definition) is 1. The Morgan fingerprint density at radius 1 is 1.14 bits per heavy atom. The summed E-state index contributed by atoms with van der Waals surface area (Å²) in [6.07, 6.45) is 7.79. The topological polar surface area (TPSA) is 12.0 Å². The maximum atomic E-state index is 5.73. The second-order valence-electron chi connectivity index (χ2n) is 4.02. The van der Waals surface area contributed by atoms with Gasteiger partial charge in [0.15, 0.2) is 0 Å². The highest BCUT2D eigenvalue weighted by molar-refractivity contribution is 6.17. The molecule has 86 valence electrons. The van der Waals surface area contributed by atoms with Gasteiger partial charge in [0.25, 0.3) is 0 Å². The average molecular weight is 220 g/mol. The van der Waals surface area contributed by atoms with E-state index in [1.807, 2.05) is 0 Å². The van der Waals surface area contributed by atoms with Crippen LogP contribution in [0.15, 0.2) is 0 Å². The van der Waals surface area contributed by atoms with Gasteiger partial charge in [-0.2, -0.15) is 0 Å². The number of nitrogens with one attached hydrogen (secondary N) is 1. The van der Waals surface area contributed by atoms with Gasteiger partial charge in [-0.3, -0.25) is 0 Å². The van der Waals surface area contributed by atoms with E-state index in [0.717, 1.165) is 24.8 Å². The third-order valence-electron chi connectivity index (χ3n) is 2.73. The molecule has 0 heterocycles. The van der Waals surface area contributed by atoms with Crippen LogP contribution in [0.1, 0.15) is 52.4 Å². The lowest BCUT2D eigenvalue weighted by atomic mass is 10.0. The van der Waals surface area contributed by atoms with Crippen LogP contribution in [0, 0.1) is 5.92 Å². The van der Waals surface area contributed by atoms with Crippen molar-refractivity contribution in [1.29, 1.82) is 0 Å². The van der Waals surface area contributed by atoms with Crippen molar-refractivity contribution in [3.8, 4) is 0 Å². The summed E-state index contributed by atoms with van der Waals surface area (Å²) in [7, 11) is 0. The lowest BCUT2D eigenvalue weighted by Gasteiger charge is -2.13. The summed E-state index contributed by atoms with van der Waals surface area (Å²) >= 11 is 5.73. The van der Waals surface area contributed by atoms with Crippen molar-refractivity contribution in [2.45, 2.75) is 52.4 Å². The minimum absolute atomic E-state index is 0.777. The van der Waals surface area contributed by atoms with Gasteiger partial charge in [0, 0.05) is 5.88 Å². The minimum atomic E-state index is 0.777. The fourth-order valence-electron chi connectivity index (χ4n) is 1.59. The summed E-state index contributed by atoms with van der Waals surface area (Å²) in [5, 5.41) is 3.52. The Hall–Kier alpha value is 0.250. The van der Waals surface area contributed by atoms with Crippen LogP contribution in [-0.4, -0.2) is 19.0 Å². The maximum absolute atomic E-state index is 5.73. The molecule has 0 aromatic carbocycles. The Morgan fingerprint density at radius 2 is 1.93 bits per heavy atom. The second-order valence-corrected chi connectivity index (χ2v) is 4.39. The fourth-order valence-corrected chi connectivity index (χ4v) is 1.90. The highest BCUT2D eigenvalue weighted by Crippen LogP contribution is 2.07. The molecule has 0 aliphatic carbocycles. The first kappa shape index (κ1) is 14.2.